The number of azo groups is 1. The molecule has 0 amide bonds. The van der Waals surface area contributed by atoms with E-state index < -0.39 is 0 Å². The van der Waals surface area contributed by atoms with Crippen molar-refractivity contribution >= 4 is 45.7 Å². The van der Waals surface area contributed by atoms with Gasteiger partial charge < -0.3 is 4.90 Å². The van der Waals surface area contributed by atoms with Gasteiger partial charge in [-0.15, -0.1) is 10.2 Å². The van der Waals surface area contributed by atoms with Gasteiger partial charge >= 0.3 is 0 Å². The highest BCUT2D eigenvalue weighted by molar-refractivity contribution is 7.17. The van der Waals surface area contributed by atoms with Crippen LogP contribution < -0.4 is 4.90 Å². The summed E-state index contributed by atoms with van der Waals surface area (Å²) < 4.78 is 0. The van der Waals surface area contributed by atoms with Gasteiger partial charge in [-0.2, -0.15) is 0 Å². The highest BCUT2D eigenvalue weighted by atomic mass is 35.5. The van der Waals surface area contributed by atoms with Crippen LogP contribution in [-0.4, -0.2) is 24.4 Å². The van der Waals surface area contributed by atoms with Gasteiger partial charge in [-0.05, 0) is 37.1 Å². The molecule has 0 fully saturated rings. The van der Waals surface area contributed by atoms with Gasteiger partial charge in [-0.25, -0.2) is 4.98 Å². The molecule has 2 rings (SSSR count). The van der Waals surface area contributed by atoms with Crippen LogP contribution in [0.1, 0.15) is 74.9 Å². The van der Waals surface area contributed by atoms with Crippen LogP contribution in [0.2, 0.25) is 5.15 Å². The maximum Gasteiger partial charge on any atom is 0.232 e. The van der Waals surface area contributed by atoms with Crippen LogP contribution in [0.3, 0.4) is 0 Å². The molecule has 5 nitrogen and oxygen atoms in total. The summed E-state index contributed by atoms with van der Waals surface area (Å²) in [5, 5.41) is 8.88. The molecule has 0 saturated carbocycles. The smallest absolute Gasteiger partial charge is 0.232 e. The topological polar surface area (TPSA) is 57.9 Å². The number of carbonyl (C=O) groups excluding carboxylic acids is 1. The molecule has 158 valence electrons. The molecular weight excluding hydrogens is 404 g/mol. The van der Waals surface area contributed by atoms with Gasteiger partial charge in [0.25, 0.3) is 0 Å². The summed E-state index contributed by atoms with van der Waals surface area (Å²) in [6.07, 6.45) is 10.8. The first-order valence-corrected chi connectivity index (χ1v) is 11.8. The Morgan fingerprint density at radius 2 is 1.59 bits per heavy atom. The largest absolute Gasteiger partial charge is 0.372 e. The first-order chi connectivity index (χ1) is 14.2. The van der Waals surface area contributed by atoms with Crippen molar-refractivity contribution in [2.45, 2.75) is 65.2 Å². The summed E-state index contributed by atoms with van der Waals surface area (Å²) in [6.45, 7) is 6.68. The number of carbonyl (C=O) groups is 1. The van der Waals surface area contributed by atoms with Crippen LogP contribution in [-0.2, 0) is 0 Å². The Balaban J connectivity index is 1.99. The number of halogens is 1. The van der Waals surface area contributed by atoms with E-state index in [0.717, 1.165) is 30.1 Å². The summed E-state index contributed by atoms with van der Waals surface area (Å²) in [5.41, 5.74) is 1.99. The van der Waals surface area contributed by atoms with Crippen molar-refractivity contribution in [3.05, 3.63) is 34.3 Å². The van der Waals surface area contributed by atoms with E-state index in [1.807, 2.05) is 12.1 Å². The average molecular weight is 435 g/mol. The fraction of sp³-hybridized carbons (Fsp3) is 0.545. The number of thiazole rings is 1. The quantitative estimate of drug-likeness (QED) is 0.172. The minimum Gasteiger partial charge on any atom is -0.372 e. The number of benzene rings is 1. The molecule has 0 aliphatic heterocycles. The van der Waals surface area contributed by atoms with Crippen molar-refractivity contribution < 1.29 is 4.79 Å². The van der Waals surface area contributed by atoms with Gasteiger partial charge in [-0.1, -0.05) is 75.3 Å². The minimum absolute atomic E-state index is 0.177. The fourth-order valence-corrected chi connectivity index (χ4v) is 3.96. The van der Waals surface area contributed by atoms with Gasteiger partial charge in [0.05, 0.1) is 5.69 Å². The molecule has 7 heteroatoms. The van der Waals surface area contributed by atoms with Crippen LogP contribution in [0.15, 0.2) is 34.5 Å². The van der Waals surface area contributed by atoms with Gasteiger partial charge in [0.15, 0.2) is 11.4 Å². The van der Waals surface area contributed by atoms with Crippen molar-refractivity contribution in [3.8, 4) is 0 Å². The van der Waals surface area contributed by atoms with E-state index in [1.54, 1.807) is 0 Å². The Labute approximate surface area is 183 Å². The molecule has 0 spiro atoms. The zero-order chi connectivity index (χ0) is 20.9. The summed E-state index contributed by atoms with van der Waals surface area (Å²) in [5.74, 6) is 0. The molecule has 1 aromatic heterocycles. The zero-order valence-corrected chi connectivity index (χ0v) is 19.0. The standard InChI is InChI=1S/C22H31ClN4OS/c1-3-5-7-9-15-27(16-10-8-6-4-2)19-13-11-18(12-14-19)25-26-22-24-21(23)20(17-28)29-22/h11-14,17H,3-10,15-16H2,1-2H3. The molecule has 1 heterocycles. The van der Waals surface area contributed by atoms with E-state index in [-0.39, 0.29) is 5.15 Å². The minimum atomic E-state index is 0.177. The Hall–Kier alpha value is -1.79. The summed E-state index contributed by atoms with van der Waals surface area (Å²) in [7, 11) is 0. The third kappa shape index (κ3) is 8.23. The Kier molecular flexibility index (Phi) is 10.9. The van der Waals surface area contributed by atoms with Crippen molar-refractivity contribution in [1.29, 1.82) is 0 Å². The van der Waals surface area contributed by atoms with Crippen molar-refractivity contribution in [2.75, 3.05) is 18.0 Å². The monoisotopic (exact) mass is 434 g/mol. The molecule has 0 atom stereocenters. The van der Waals surface area contributed by atoms with E-state index in [9.17, 15) is 4.79 Å². The van der Waals surface area contributed by atoms with Crippen LogP contribution in [0.25, 0.3) is 0 Å². The molecule has 29 heavy (non-hydrogen) atoms. The van der Waals surface area contributed by atoms with Gasteiger partial charge in [-0.3, -0.25) is 4.79 Å². The Bertz CT molecular complexity index is 749. The van der Waals surface area contributed by atoms with Crippen molar-refractivity contribution in [2.24, 2.45) is 10.2 Å². The van der Waals surface area contributed by atoms with Gasteiger partial charge in [0.2, 0.25) is 5.13 Å². The molecular formula is C22H31ClN4OS. The second-order valence-corrected chi connectivity index (χ2v) is 8.46. The highest BCUT2D eigenvalue weighted by Crippen LogP contribution is 2.29. The number of aromatic nitrogens is 1. The van der Waals surface area contributed by atoms with E-state index in [1.165, 1.54) is 57.1 Å². The number of unbranched alkanes of at least 4 members (excludes halogenated alkanes) is 6. The van der Waals surface area contributed by atoms with E-state index in [2.05, 4.69) is 46.1 Å². The number of anilines is 1. The molecule has 2 aromatic rings. The van der Waals surface area contributed by atoms with E-state index in [0.29, 0.717) is 16.3 Å². The second kappa shape index (κ2) is 13.4. The summed E-state index contributed by atoms with van der Waals surface area (Å²) in [4.78, 5) is 17.7. The molecule has 0 aliphatic carbocycles. The summed E-state index contributed by atoms with van der Waals surface area (Å²) >= 11 is 7.00. The average Bonchev–Trinajstić information content (AvgIpc) is 3.11. The van der Waals surface area contributed by atoms with Crippen LogP contribution in [0.5, 0.6) is 0 Å². The Morgan fingerprint density at radius 3 is 2.10 bits per heavy atom. The van der Waals surface area contributed by atoms with Crippen molar-refractivity contribution in [3.63, 3.8) is 0 Å². The van der Waals surface area contributed by atoms with Crippen molar-refractivity contribution in [1.82, 2.24) is 4.98 Å². The van der Waals surface area contributed by atoms with Gasteiger partial charge in [0.1, 0.15) is 4.88 Å². The third-order valence-electron chi connectivity index (χ3n) is 4.73. The molecule has 0 saturated heterocycles. The van der Waals surface area contributed by atoms with Gasteiger partial charge in [0, 0.05) is 18.8 Å². The lowest BCUT2D eigenvalue weighted by Crippen LogP contribution is -2.25. The lowest BCUT2D eigenvalue weighted by molar-refractivity contribution is 0.112. The normalized spacial score (nSPS) is 11.3. The number of rotatable bonds is 14. The Morgan fingerprint density at radius 1 is 0.966 bits per heavy atom. The SMILES string of the molecule is CCCCCCN(CCCCCC)c1ccc(N=Nc2nc(Cl)c(C=O)s2)cc1. The van der Waals surface area contributed by atoms with Crippen LogP contribution >= 0.6 is 22.9 Å². The first kappa shape index (κ1) is 23.5. The highest BCUT2D eigenvalue weighted by Gasteiger charge is 2.08. The molecule has 0 aliphatic rings. The molecule has 0 bridgehead atoms. The number of hydrogen-bond acceptors (Lipinski definition) is 6. The lowest BCUT2D eigenvalue weighted by atomic mass is 10.1. The predicted molar refractivity (Wildman–Crippen MR) is 124 cm³/mol. The molecule has 0 unspecified atom stereocenters. The zero-order valence-electron chi connectivity index (χ0n) is 17.4. The number of hydrogen-bond donors (Lipinski definition) is 0. The predicted octanol–water partition coefficient (Wildman–Crippen LogP) is 7.99. The number of nitrogens with zero attached hydrogens (tertiary/aromatic N) is 4. The molecule has 0 radical (unpaired) electrons. The second-order valence-electron chi connectivity index (χ2n) is 7.09. The maximum atomic E-state index is 10.8. The number of aldehydes is 1. The van der Waals surface area contributed by atoms with Crippen LogP contribution in [0.4, 0.5) is 16.5 Å². The molecule has 1 aromatic carbocycles. The first-order valence-electron chi connectivity index (χ1n) is 10.6. The lowest BCUT2D eigenvalue weighted by Gasteiger charge is -2.25. The molecule has 0 N–H and O–H groups in total. The van der Waals surface area contributed by atoms with E-state index in [4.69, 9.17) is 11.6 Å². The van der Waals surface area contributed by atoms with Crippen LogP contribution in [0, 0.1) is 0 Å². The summed E-state index contributed by atoms with van der Waals surface area (Å²) in [6, 6.07) is 8.17. The van der Waals surface area contributed by atoms with E-state index >= 15 is 0 Å². The fourth-order valence-electron chi connectivity index (χ4n) is 3.08. The third-order valence-corrected chi connectivity index (χ3v) is 6.00. The maximum absolute atomic E-state index is 10.8.